The van der Waals surface area contributed by atoms with Crippen LogP contribution in [-0.4, -0.2) is 55.4 Å². The maximum Gasteiger partial charge on any atom is 0.0431 e. The third-order valence-electron chi connectivity index (χ3n) is 3.89. The zero-order chi connectivity index (χ0) is 12.6. The van der Waals surface area contributed by atoms with Crippen molar-refractivity contribution < 1.29 is 5.11 Å². The van der Waals surface area contributed by atoms with E-state index in [-0.39, 0.29) is 5.54 Å². The average Bonchev–Trinajstić information content (AvgIpc) is 2.52. The molecule has 1 aliphatic rings. The quantitative estimate of drug-likeness (QED) is 0.572. The third-order valence-corrected chi connectivity index (χ3v) is 3.89. The number of nitrogens with one attached hydrogen (secondary N) is 1. The van der Waals surface area contributed by atoms with Crippen LogP contribution in [0.2, 0.25) is 0 Å². The first-order valence-corrected chi connectivity index (χ1v) is 6.97. The molecule has 0 saturated carbocycles. The summed E-state index contributed by atoms with van der Waals surface area (Å²) in [5.74, 6) is 0. The summed E-state index contributed by atoms with van der Waals surface area (Å²) in [4.78, 5) is 2.39. The number of nitrogens with zero attached hydrogens (tertiary/aromatic N) is 1. The van der Waals surface area contributed by atoms with E-state index >= 15 is 0 Å². The van der Waals surface area contributed by atoms with Gasteiger partial charge >= 0.3 is 0 Å². The molecule has 0 aromatic heterocycles. The fourth-order valence-corrected chi connectivity index (χ4v) is 2.55. The summed E-state index contributed by atoms with van der Waals surface area (Å²) in [5.41, 5.74) is 6.13. The molecule has 1 heterocycles. The Morgan fingerprint density at radius 3 is 2.76 bits per heavy atom. The van der Waals surface area contributed by atoms with Gasteiger partial charge in [-0.05, 0) is 65.2 Å². The van der Waals surface area contributed by atoms with E-state index in [1.54, 1.807) is 0 Å². The van der Waals surface area contributed by atoms with Crippen molar-refractivity contribution in [2.45, 2.75) is 44.1 Å². The third kappa shape index (κ3) is 5.34. The van der Waals surface area contributed by atoms with Gasteiger partial charge in [0.2, 0.25) is 0 Å². The molecule has 4 nitrogen and oxygen atoms in total. The number of aliphatic hydroxyl groups excluding tert-OH is 1. The van der Waals surface area contributed by atoms with E-state index in [9.17, 15) is 0 Å². The topological polar surface area (TPSA) is 61.5 Å². The van der Waals surface area contributed by atoms with Crippen LogP contribution in [0.5, 0.6) is 0 Å². The lowest BCUT2D eigenvalue weighted by atomic mass is 9.90. The van der Waals surface area contributed by atoms with Gasteiger partial charge < -0.3 is 21.1 Å². The Morgan fingerprint density at radius 1 is 1.24 bits per heavy atom. The van der Waals surface area contributed by atoms with Crippen molar-refractivity contribution in [3.63, 3.8) is 0 Å². The van der Waals surface area contributed by atoms with Gasteiger partial charge in [0.25, 0.3) is 0 Å². The second kappa shape index (κ2) is 8.03. The van der Waals surface area contributed by atoms with Crippen molar-refractivity contribution in [3.05, 3.63) is 0 Å². The monoisotopic (exact) mass is 243 g/mol. The molecule has 17 heavy (non-hydrogen) atoms. The first kappa shape index (κ1) is 14.9. The Balaban J connectivity index is 2.29. The summed E-state index contributed by atoms with van der Waals surface area (Å²) in [6, 6.07) is 0. The van der Waals surface area contributed by atoms with E-state index in [4.69, 9.17) is 10.8 Å². The first-order valence-electron chi connectivity index (χ1n) is 6.97. The van der Waals surface area contributed by atoms with Gasteiger partial charge in [0.1, 0.15) is 0 Å². The Bertz CT molecular complexity index is 201. The van der Waals surface area contributed by atoms with Crippen molar-refractivity contribution in [1.29, 1.82) is 0 Å². The Hall–Kier alpha value is -0.160. The van der Waals surface area contributed by atoms with E-state index in [1.807, 2.05) is 0 Å². The zero-order valence-electron chi connectivity index (χ0n) is 11.2. The fourth-order valence-electron chi connectivity index (χ4n) is 2.55. The molecule has 0 amide bonds. The second-order valence-corrected chi connectivity index (χ2v) is 5.35. The maximum atomic E-state index is 8.73. The predicted molar refractivity (Wildman–Crippen MR) is 72.1 cm³/mol. The summed E-state index contributed by atoms with van der Waals surface area (Å²) < 4.78 is 0. The summed E-state index contributed by atoms with van der Waals surface area (Å²) >= 11 is 0. The molecule has 0 aromatic carbocycles. The number of unbranched alkanes of at least 4 members (excludes halogenated alkanes) is 2. The smallest absolute Gasteiger partial charge is 0.0431 e. The molecule has 1 aliphatic heterocycles. The number of hydrogen-bond donors (Lipinski definition) is 3. The maximum absolute atomic E-state index is 8.73. The molecule has 0 aliphatic carbocycles. The van der Waals surface area contributed by atoms with Crippen LogP contribution in [0.15, 0.2) is 0 Å². The molecule has 1 atom stereocenters. The van der Waals surface area contributed by atoms with Crippen LogP contribution in [0, 0.1) is 0 Å². The average molecular weight is 243 g/mol. The highest BCUT2D eigenvalue weighted by atomic mass is 16.2. The molecule has 1 rings (SSSR count). The molecule has 1 saturated heterocycles. The van der Waals surface area contributed by atoms with Crippen LogP contribution in [0.4, 0.5) is 0 Å². The van der Waals surface area contributed by atoms with Crippen LogP contribution in [0.3, 0.4) is 0 Å². The standard InChI is InChI=1S/C13H29N3O/c1-16-9-5-6-13(12-14,7-10-16)15-8-3-2-4-11-17/h15,17H,2-12,14H2,1H3. The van der Waals surface area contributed by atoms with Crippen LogP contribution >= 0.6 is 0 Å². The Kier molecular flexibility index (Phi) is 7.04. The number of aliphatic hydroxyl groups is 1. The first-order chi connectivity index (χ1) is 8.22. The molecular weight excluding hydrogens is 214 g/mol. The van der Waals surface area contributed by atoms with Crippen LogP contribution in [0.25, 0.3) is 0 Å². The Morgan fingerprint density at radius 2 is 2.06 bits per heavy atom. The Labute approximate surface area is 106 Å². The van der Waals surface area contributed by atoms with E-state index in [1.165, 1.54) is 19.4 Å². The summed E-state index contributed by atoms with van der Waals surface area (Å²) in [7, 11) is 2.19. The summed E-state index contributed by atoms with van der Waals surface area (Å²) in [6.45, 7) is 4.41. The largest absolute Gasteiger partial charge is 0.396 e. The van der Waals surface area contributed by atoms with Crippen molar-refractivity contribution in [3.8, 4) is 0 Å². The number of nitrogens with two attached hydrogens (primary N) is 1. The molecule has 0 aromatic rings. The predicted octanol–water partition coefficient (Wildman–Crippen LogP) is 0.552. The highest BCUT2D eigenvalue weighted by molar-refractivity contribution is 4.91. The van der Waals surface area contributed by atoms with Crippen LogP contribution in [-0.2, 0) is 0 Å². The van der Waals surface area contributed by atoms with Crippen molar-refractivity contribution in [2.75, 3.05) is 39.8 Å². The molecule has 0 radical (unpaired) electrons. The highest BCUT2D eigenvalue weighted by Gasteiger charge is 2.29. The summed E-state index contributed by atoms with van der Waals surface area (Å²) in [5, 5.41) is 12.4. The van der Waals surface area contributed by atoms with Crippen LogP contribution < -0.4 is 11.1 Å². The minimum absolute atomic E-state index is 0.157. The van der Waals surface area contributed by atoms with E-state index < -0.39 is 0 Å². The zero-order valence-corrected chi connectivity index (χ0v) is 11.2. The van der Waals surface area contributed by atoms with Gasteiger partial charge in [-0.25, -0.2) is 0 Å². The minimum Gasteiger partial charge on any atom is -0.396 e. The van der Waals surface area contributed by atoms with Crippen LogP contribution in [0.1, 0.15) is 38.5 Å². The number of likely N-dealkylation sites (tertiary alicyclic amines) is 1. The molecular formula is C13H29N3O. The lowest BCUT2D eigenvalue weighted by Gasteiger charge is -2.33. The van der Waals surface area contributed by atoms with Gasteiger partial charge in [-0.3, -0.25) is 0 Å². The van der Waals surface area contributed by atoms with Crippen molar-refractivity contribution in [2.24, 2.45) is 5.73 Å². The summed E-state index contributed by atoms with van der Waals surface area (Å²) in [6.07, 6.45) is 6.73. The molecule has 102 valence electrons. The number of hydrogen-bond acceptors (Lipinski definition) is 4. The van der Waals surface area contributed by atoms with Gasteiger partial charge in [-0.2, -0.15) is 0 Å². The molecule has 0 bridgehead atoms. The van der Waals surface area contributed by atoms with Gasteiger partial charge in [-0.15, -0.1) is 0 Å². The fraction of sp³-hybridized carbons (Fsp3) is 1.00. The molecule has 1 unspecified atom stereocenters. The van der Waals surface area contributed by atoms with Gasteiger partial charge in [0.05, 0.1) is 0 Å². The van der Waals surface area contributed by atoms with Gasteiger partial charge in [-0.1, -0.05) is 0 Å². The van der Waals surface area contributed by atoms with Gasteiger partial charge in [0, 0.05) is 18.7 Å². The molecule has 4 N–H and O–H groups in total. The minimum atomic E-state index is 0.157. The highest BCUT2D eigenvalue weighted by Crippen LogP contribution is 2.20. The SMILES string of the molecule is CN1CCCC(CN)(NCCCCCO)CC1. The van der Waals surface area contributed by atoms with Crippen molar-refractivity contribution >= 4 is 0 Å². The van der Waals surface area contributed by atoms with E-state index in [0.29, 0.717) is 6.61 Å². The van der Waals surface area contributed by atoms with Gasteiger partial charge in [0.15, 0.2) is 0 Å². The molecule has 4 heteroatoms. The lowest BCUT2D eigenvalue weighted by Crippen LogP contribution is -2.52. The van der Waals surface area contributed by atoms with Crippen molar-refractivity contribution in [1.82, 2.24) is 10.2 Å². The molecule has 1 fully saturated rings. The number of rotatable bonds is 7. The van der Waals surface area contributed by atoms with E-state index in [2.05, 4.69) is 17.3 Å². The molecule has 0 spiro atoms. The lowest BCUT2D eigenvalue weighted by molar-refractivity contribution is 0.269. The normalized spacial score (nSPS) is 27.0. The second-order valence-electron chi connectivity index (χ2n) is 5.35. The van der Waals surface area contributed by atoms with E-state index in [0.717, 1.165) is 45.3 Å².